The van der Waals surface area contributed by atoms with Gasteiger partial charge in [0.1, 0.15) is 5.69 Å². The molecule has 9 heteroatoms. The van der Waals surface area contributed by atoms with Crippen molar-refractivity contribution in [3.63, 3.8) is 0 Å². The predicted molar refractivity (Wildman–Crippen MR) is 102 cm³/mol. The number of nitrogens with zero attached hydrogens (tertiary/aromatic N) is 4. The van der Waals surface area contributed by atoms with Gasteiger partial charge in [-0.3, -0.25) is 19.6 Å². The van der Waals surface area contributed by atoms with Crippen molar-refractivity contribution in [2.75, 3.05) is 13.1 Å². The summed E-state index contributed by atoms with van der Waals surface area (Å²) < 4.78 is 1.36. The van der Waals surface area contributed by atoms with Gasteiger partial charge in [-0.15, -0.1) is 0 Å². The summed E-state index contributed by atoms with van der Waals surface area (Å²) in [5.41, 5.74) is 1.38. The summed E-state index contributed by atoms with van der Waals surface area (Å²) in [5.74, 6) is -0.295. The fraction of sp³-hybridized carbons (Fsp3) is 0.556. The maximum absolute atomic E-state index is 13.5. The lowest BCUT2D eigenvalue weighted by atomic mass is 9.93. The molecule has 1 aliphatic carbocycles. The molecule has 1 saturated carbocycles. The fourth-order valence-corrected chi connectivity index (χ4v) is 5.03. The summed E-state index contributed by atoms with van der Waals surface area (Å²) in [5, 5.41) is 23.1. The van der Waals surface area contributed by atoms with E-state index < -0.39 is 4.92 Å². The quantitative estimate of drug-likeness (QED) is 0.626. The molecule has 0 radical (unpaired) electrons. The van der Waals surface area contributed by atoms with Crippen molar-refractivity contribution in [2.24, 2.45) is 12.5 Å². The average molecular weight is 389 g/mol. The molecule has 1 spiro atoms. The third-order valence-electron chi connectivity index (χ3n) is 5.89. The number of aromatic nitrogens is 2. The van der Waals surface area contributed by atoms with Crippen molar-refractivity contribution in [3.05, 3.63) is 43.9 Å². The molecule has 1 saturated heterocycles. The third-order valence-corrected chi connectivity index (χ3v) is 6.62. The summed E-state index contributed by atoms with van der Waals surface area (Å²) in [6, 6.07) is 2.13. The molecule has 1 unspecified atom stereocenters. The van der Waals surface area contributed by atoms with Gasteiger partial charge < -0.3 is 10.2 Å². The number of rotatable bonds is 5. The second-order valence-electron chi connectivity index (χ2n) is 7.56. The molecule has 4 rings (SSSR count). The molecule has 1 aliphatic heterocycles. The van der Waals surface area contributed by atoms with E-state index in [1.54, 1.807) is 25.3 Å². The van der Waals surface area contributed by atoms with E-state index in [9.17, 15) is 14.9 Å². The van der Waals surface area contributed by atoms with E-state index in [-0.39, 0.29) is 34.4 Å². The highest BCUT2D eigenvalue weighted by atomic mass is 32.1. The summed E-state index contributed by atoms with van der Waals surface area (Å²) in [4.78, 5) is 26.4. The first kappa shape index (κ1) is 18.1. The zero-order chi connectivity index (χ0) is 19.2. The highest BCUT2D eigenvalue weighted by Gasteiger charge is 2.58. The molecule has 2 aliphatic rings. The van der Waals surface area contributed by atoms with Crippen molar-refractivity contribution in [3.8, 4) is 0 Å². The first-order valence-corrected chi connectivity index (χ1v) is 10.1. The van der Waals surface area contributed by atoms with Crippen LogP contribution in [0.5, 0.6) is 0 Å². The smallest absolute Gasteiger partial charge is 0.322 e. The Hall–Kier alpha value is -2.26. The third kappa shape index (κ3) is 3.14. The van der Waals surface area contributed by atoms with Crippen molar-refractivity contribution in [1.29, 1.82) is 0 Å². The summed E-state index contributed by atoms with van der Waals surface area (Å²) in [6.45, 7) is 3.97. The molecule has 2 aromatic rings. The van der Waals surface area contributed by atoms with Crippen LogP contribution >= 0.6 is 11.3 Å². The van der Waals surface area contributed by atoms with Crippen molar-refractivity contribution in [1.82, 2.24) is 20.0 Å². The fourth-order valence-electron chi connectivity index (χ4n) is 4.37. The number of carbonyl (C=O) groups excluding carboxylic acids is 1. The highest BCUT2D eigenvalue weighted by molar-refractivity contribution is 7.07. The van der Waals surface area contributed by atoms with Crippen LogP contribution in [-0.2, 0) is 13.6 Å². The molecule has 1 N–H and O–H groups in total. The predicted octanol–water partition coefficient (Wildman–Crippen LogP) is 2.48. The monoisotopic (exact) mass is 389 g/mol. The van der Waals surface area contributed by atoms with Crippen LogP contribution in [0.2, 0.25) is 0 Å². The number of hydrogen-bond acceptors (Lipinski definition) is 6. The van der Waals surface area contributed by atoms with Crippen LogP contribution in [0.15, 0.2) is 16.8 Å². The number of thiophene rings is 1. The van der Waals surface area contributed by atoms with Gasteiger partial charge in [-0.2, -0.15) is 16.4 Å². The van der Waals surface area contributed by atoms with Crippen LogP contribution in [0.3, 0.4) is 0 Å². The van der Waals surface area contributed by atoms with Crippen LogP contribution in [0.25, 0.3) is 0 Å². The van der Waals surface area contributed by atoms with Crippen LogP contribution in [-0.4, -0.2) is 44.6 Å². The molecular weight excluding hydrogens is 366 g/mol. The number of carbonyl (C=O) groups is 1. The Balaban J connectivity index is 1.69. The molecular formula is C18H23N5O3S. The number of nitro groups is 1. The Labute approximate surface area is 161 Å². The number of nitrogens with one attached hydrogen (secondary N) is 1. The van der Waals surface area contributed by atoms with Gasteiger partial charge in [0.25, 0.3) is 5.91 Å². The van der Waals surface area contributed by atoms with Crippen molar-refractivity contribution >= 4 is 22.9 Å². The molecule has 27 heavy (non-hydrogen) atoms. The zero-order valence-corrected chi connectivity index (χ0v) is 16.3. The Morgan fingerprint density at radius 3 is 2.89 bits per heavy atom. The zero-order valence-electron chi connectivity index (χ0n) is 15.5. The standard InChI is InChI=1S/C18H23N5O3S/c1-12-15(23(25)26)16(21(2)20-12)17(24)22(10-13-3-8-27-11-13)14-9-18(14)4-6-19-7-5-18/h3,8,11,14,19H,4-7,9-10H2,1-2H3. The average Bonchev–Trinajstić information content (AvgIpc) is 2.98. The van der Waals surface area contributed by atoms with E-state index in [1.807, 2.05) is 21.7 Å². The second kappa shape index (κ2) is 6.72. The van der Waals surface area contributed by atoms with Crippen LogP contribution in [0.4, 0.5) is 5.69 Å². The molecule has 8 nitrogen and oxygen atoms in total. The minimum atomic E-state index is -0.495. The summed E-state index contributed by atoms with van der Waals surface area (Å²) in [6.07, 6.45) is 3.05. The number of aryl methyl sites for hydroxylation is 2. The molecule has 144 valence electrons. The molecule has 0 bridgehead atoms. The Morgan fingerprint density at radius 2 is 2.26 bits per heavy atom. The van der Waals surface area contributed by atoms with Gasteiger partial charge in [0.05, 0.1) is 4.92 Å². The van der Waals surface area contributed by atoms with E-state index >= 15 is 0 Å². The number of amides is 1. The Kier molecular flexibility index (Phi) is 4.51. The lowest BCUT2D eigenvalue weighted by Crippen LogP contribution is -2.39. The van der Waals surface area contributed by atoms with E-state index in [1.165, 1.54) is 4.68 Å². The van der Waals surface area contributed by atoms with Crippen molar-refractivity contribution < 1.29 is 9.72 Å². The lowest BCUT2D eigenvalue weighted by molar-refractivity contribution is -0.385. The maximum Gasteiger partial charge on any atom is 0.322 e. The van der Waals surface area contributed by atoms with Gasteiger partial charge in [0, 0.05) is 19.6 Å². The van der Waals surface area contributed by atoms with Crippen LogP contribution in [0, 0.1) is 22.5 Å². The van der Waals surface area contributed by atoms with E-state index in [0.717, 1.165) is 37.9 Å². The minimum Gasteiger partial charge on any atom is -0.329 e. The minimum absolute atomic E-state index is 0.0729. The van der Waals surface area contributed by atoms with Gasteiger partial charge in [-0.25, -0.2) is 0 Å². The Morgan fingerprint density at radius 1 is 1.52 bits per heavy atom. The molecule has 3 heterocycles. The van der Waals surface area contributed by atoms with Gasteiger partial charge in [-0.1, -0.05) is 0 Å². The first-order valence-electron chi connectivity index (χ1n) is 9.14. The molecule has 1 atom stereocenters. The van der Waals surface area contributed by atoms with Crippen LogP contribution < -0.4 is 5.32 Å². The van der Waals surface area contributed by atoms with Gasteiger partial charge in [0.2, 0.25) is 5.69 Å². The Bertz CT molecular complexity index is 870. The molecule has 2 fully saturated rings. The van der Waals surface area contributed by atoms with Gasteiger partial charge in [0.15, 0.2) is 0 Å². The largest absolute Gasteiger partial charge is 0.329 e. The second-order valence-corrected chi connectivity index (χ2v) is 8.34. The molecule has 2 aromatic heterocycles. The molecule has 1 amide bonds. The van der Waals surface area contributed by atoms with E-state index in [4.69, 9.17) is 0 Å². The number of piperidine rings is 1. The van der Waals surface area contributed by atoms with E-state index in [0.29, 0.717) is 6.54 Å². The number of hydrogen-bond donors (Lipinski definition) is 1. The SMILES string of the molecule is Cc1nn(C)c(C(=O)N(Cc2ccsc2)C2CC23CCNCC3)c1[N+](=O)[O-]. The van der Waals surface area contributed by atoms with Crippen LogP contribution in [0.1, 0.15) is 41.0 Å². The van der Waals surface area contributed by atoms with Gasteiger partial charge >= 0.3 is 5.69 Å². The van der Waals surface area contributed by atoms with Gasteiger partial charge in [-0.05, 0) is 67.1 Å². The normalized spacial score (nSPS) is 20.6. The first-order chi connectivity index (χ1) is 12.9. The molecule has 0 aromatic carbocycles. The summed E-state index contributed by atoms with van der Waals surface area (Å²) >= 11 is 1.59. The van der Waals surface area contributed by atoms with E-state index in [2.05, 4.69) is 10.4 Å². The lowest BCUT2D eigenvalue weighted by Gasteiger charge is -2.29. The topological polar surface area (TPSA) is 93.3 Å². The maximum atomic E-state index is 13.5. The highest BCUT2D eigenvalue weighted by Crippen LogP contribution is 2.56. The summed E-state index contributed by atoms with van der Waals surface area (Å²) in [7, 11) is 1.60. The van der Waals surface area contributed by atoms with Crippen molar-refractivity contribution in [2.45, 2.75) is 38.8 Å².